The number of carbonyl (C=O) groups excluding carboxylic acids is 1. The van der Waals surface area contributed by atoms with Gasteiger partial charge >= 0.3 is 0 Å². The second kappa shape index (κ2) is 4.33. The van der Waals surface area contributed by atoms with Crippen molar-refractivity contribution in [3.63, 3.8) is 0 Å². The van der Waals surface area contributed by atoms with Gasteiger partial charge in [-0.2, -0.15) is 0 Å². The SMILES string of the molecule is CCOc1cc(C(C)=O)c(Cl)cc1O. The van der Waals surface area contributed by atoms with Crippen LogP contribution in [0.4, 0.5) is 0 Å². The predicted molar refractivity (Wildman–Crippen MR) is 54.3 cm³/mol. The monoisotopic (exact) mass is 214 g/mol. The average molecular weight is 215 g/mol. The van der Waals surface area contributed by atoms with Gasteiger partial charge in [0.15, 0.2) is 17.3 Å². The van der Waals surface area contributed by atoms with Gasteiger partial charge in [-0.15, -0.1) is 0 Å². The van der Waals surface area contributed by atoms with Gasteiger partial charge in [-0.1, -0.05) is 11.6 Å². The summed E-state index contributed by atoms with van der Waals surface area (Å²) in [6.45, 7) is 3.63. The van der Waals surface area contributed by atoms with E-state index in [1.807, 2.05) is 0 Å². The van der Waals surface area contributed by atoms with E-state index in [1.165, 1.54) is 19.1 Å². The molecule has 0 fully saturated rings. The van der Waals surface area contributed by atoms with Gasteiger partial charge in [-0.05, 0) is 19.9 Å². The number of phenols is 1. The summed E-state index contributed by atoms with van der Waals surface area (Å²) in [5.41, 5.74) is 0.355. The summed E-state index contributed by atoms with van der Waals surface area (Å²) in [4.78, 5) is 11.1. The summed E-state index contributed by atoms with van der Waals surface area (Å²) in [7, 11) is 0. The summed E-state index contributed by atoms with van der Waals surface area (Å²) in [6.07, 6.45) is 0. The Labute approximate surface area is 87.3 Å². The number of ether oxygens (including phenoxy) is 1. The second-order valence-corrected chi connectivity index (χ2v) is 3.20. The molecule has 3 nitrogen and oxygen atoms in total. The lowest BCUT2D eigenvalue weighted by molar-refractivity contribution is 0.101. The lowest BCUT2D eigenvalue weighted by atomic mass is 10.1. The zero-order valence-electron chi connectivity index (χ0n) is 8.00. The molecule has 0 saturated carbocycles. The Kier molecular flexibility index (Phi) is 3.36. The molecule has 1 aromatic carbocycles. The third-order valence-electron chi connectivity index (χ3n) is 1.73. The van der Waals surface area contributed by atoms with Crippen LogP contribution >= 0.6 is 11.6 Å². The number of halogens is 1. The first-order valence-electron chi connectivity index (χ1n) is 4.22. The molecule has 0 aliphatic heterocycles. The van der Waals surface area contributed by atoms with Crippen molar-refractivity contribution in [1.82, 2.24) is 0 Å². The van der Waals surface area contributed by atoms with Crippen molar-refractivity contribution in [3.05, 3.63) is 22.7 Å². The standard InChI is InChI=1S/C10H11ClO3/c1-3-14-10-4-7(6(2)12)8(11)5-9(10)13/h4-5,13H,3H2,1-2H3. The number of phenolic OH excluding ortho intramolecular Hbond substituents is 1. The molecule has 0 aliphatic rings. The van der Waals surface area contributed by atoms with Gasteiger partial charge in [0.05, 0.1) is 11.6 Å². The van der Waals surface area contributed by atoms with Crippen LogP contribution in [0.25, 0.3) is 0 Å². The number of hydrogen-bond donors (Lipinski definition) is 1. The molecule has 0 aromatic heterocycles. The Morgan fingerprint density at radius 3 is 2.71 bits per heavy atom. The highest BCUT2D eigenvalue weighted by Gasteiger charge is 2.11. The van der Waals surface area contributed by atoms with Crippen molar-refractivity contribution >= 4 is 17.4 Å². The molecule has 0 spiro atoms. The molecule has 4 heteroatoms. The minimum atomic E-state index is -0.157. The molecule has 0 radical (unpaired) electrons. The van der Waals surface area contributed by atoms with Crippen LogP contribution in [0, 0.1) is 0 Å². The van der Waals surface area contributed by atoms with Gasteiger partial charge in [0.25, 0.3) is 0 Å². The summed E-state index contributed by atoms with van der Waals surface area (Å²) in [6, 6.07) is 2.76. The fourth-order valence-corrected chi connectivity index (χ4v) is 1.37. The molecule has 1 aromatic rings. The smallest absolute Gasteiger partial charge is 0.161 e. The molecule has 0 aliphatic carbocycles. The Bertz CT molecular complexity index is 361. The van der Waals surface area contributed by atoms with Crippen molar-refractivity contribution in [2.24, 2.45) is 0 Å². The summed E-state index contributed by atoms with van der Waals surface area (Å²) in [5.74, 6) is 0.0694. The van der Waals surface area contributed by atoms with Crippen molar-refractivity contribution in [3.8, 4) is 11.5 Å². The van der Waals surface area contributed by atoms with E-state index < -0.39 is 0 Å². The number of ketones is 1. The highest BCUT2D eigenvalue weighted by Crippen LogP contribution is 2.32. The quantitative estimate of drug-likeness (QED) is 0.787. The number of carbonyl (C=O) groups is 1. The van der Waals surface area contributed by atoms with E-state index in [9.17, 15) is 9.90 Å². The molecule has 14 heavy (non-hydrogen) atoms. The normalized spacial score (nSPS) is 9.93. The first kappa shape index (κ1) is 10.9. The molecule has 0 amide bonds. The van der Waals surface area contributed by atoms with E-state index in [2.05, 4.69) is 0 Å². The second-order valence-electron chi connectivity index (χ2n) is 2.79. The molecule has 0 atom stereocenters. The number of benzene rings is 1. The van der Waals surface area contributed by atoms with Gasteiger partial charge in [0.2, 0.25) is 0 Å². The molecule has 76 valence electrons. The Balaban J connectivity index is 3.20. The molecule has 1 N–H and O–H groups in total. The third-order valence-corrected chi connectivity index (χ3v) is 2.04. The van der Waals surface area contributed by atoms with Crippen LogP contribution in [0.3, 0.4) is 0 Å². The fraction of sp³-hybridized carbons (Fsp3) is 0.300. The fourth-order valence-electron chi connectivity index (χ4n) is 1.08. The Morgan fingerprint density at radius 1 is 1.57 bits per heavy atom. The van der Waals surface area contributed by atoms with Gasteiger partial charge in [0.1, 0.15) is 0 Å². The highest BCUT2D eigenvalue weighted by atomic mass is 35.5. The molecule has 0 heterocycles. The van der Waals surface area contributed by atoms with E-state index in [-0.39, 0.29) is 22.3 Å². The van der Waals surface area contributed by atoms with Crippen molar-refractivity contribution in [2.45, 2.75) is 13.8 Å². The minimum Gasteiger partial charge on any atom is -0.504 e. The van der Waals surface area contributed by atoms with Gasteiger partial charge in [0, 0.05) is 11.6 Å². The molecular weight excluding hydrogens is 204 g/mol. The van der Waals surface area contributed by atoms with Gasteiger partial charge in [-0.3, -0.25) is 4.79 Å². The van der Waals surface area contributed by atoms with Crippen LogP contribution in [0.2, 0.25) is 5.02 Å². The first-order chi connectivity index (χ1) is 6.56. The van der Waals surface area contributed by atoms with E-state index in [0.717, 1.165) is 0 Å². The van der Waals surface area contributed by atoms with Gasteiger partial charge in [-0.25, -0.2) is 0 Å². The summed E-state index contributed by atoms with van der Waals surface area (Å²) >= 11 is 5.76. The minimum absolute atomic E-state index is 0.0538. The molecular formula is C10H11ClO3. The van der Waals surface area contributed by atoms with E-state index >= 15 is 0 Å². The number of Topliss-reactive ketones (excluding diaryl/α,β-unsaturated/α-hetero) is 1. The Morgan fingerprint density at radius 2 is 2.21 bits per heavy atom. The molecule has 0 saturated heterocycles. The number of hydrogen-bond acceptors (Lipinski definition) is 3. The van der Waals surface area contributed by atoms with Crippen LogP contribution in [-0.2, 0) is 0 Å². The molecule has 0 unspecified atom stereocenters. The topological polar surface area (TPSA) is 46.5 Å². The van der Waals surface area contributed by atoms with Crippen LogP contribution in [0.1, 0.15) is 24.2 Å². The van der Waals surface area contributed by atoms with Crippen LogP contribution in [0.15, 0.2) is 12.1 Å². The first-order valence-corrected chi connectivity index (χ1v) is 4.60. The zero-order chi connectivity index (χ0) is 10.7. The molecule has 0 bridgehead atoms. The maximum absolute atomic E-state index is 11.1. The maximum Gasteiger partial charge on any atom is 0.161 e. The number of aromatic hydroxyl groups is 1. The predicted octanol–water partition coefficient (Wildman–Crippen LogP) is 2.65. The van der Waals surface area contributed by atoms with Crippen molar-refractivity contribution < 1.29 is 14.6 Å². The third kappa shape index (κ3) is 2.17. The largest absolute Gasteiger partial charge is 0.504 e. The lowest BCUT2D eigenvalue weighted by Gasteiger charge is -2.08. The zero-order valence-corrected chi connectivity index (χ0v) is 8.76. The van der Waals surface area contributed by atoms with Crippen LogP contribution in [-0.4, -0.2) is 17.5 Å². The summed E-state index contributed by atoms with van der Waals surface area (Å²) < 4.78 is 5.12. The number of rotatable bonds is 3. The maximum atomic E-state index is 11.1. The summed E-state index contributed by atoms with van der Waals surface area (Å²) in [5, 5.41) is 9.64. The Hall–Kier alpha value is -1.22. The van der Waals surface area contributed by atoms with E-state index in [1.54, 1.807) is 6.92 Å². The van der Waals surface area contributed by atoms with Gasteiger partial charge < -0.3 is 9.84 Å². The van der Waals surface area contributed by atoms with Crippen LogP contribution in [0.5, 0.6) is 11.5 Å². The van der Waals surface area contributed by atoms with Crippen molar-refractivity contribution in [1.29, 1.82) is 0 Å². The average Bonchev–Trinajstić information content (AvgIpc) is 2.09. The van der Waals surface area contributed by atoms with E-state index in [0.29, 0.717) is 12.2 Å². The lowest BCUT2D eigenvalue weighted by Crippen LogP contribution is -1.97. The van der Waals surface area contributed by atoms with E-state index in [4.69, 9.17) is 16.3 Å². The van der Waals surface area contributed by atoms with Crippen molar-refractivity contribution in [2.75, 3.05) is 6.61 Å². The van der Waals surface area contributed by atoms with Crippen LogP contribution < -0.4 is 4.74 Å². The molecule has 1 rings (SSSR count). The highest BCUT2D eigenvalue weighted by molar-refractivity contribution is 6.34.